The van der Waals surface area contributed by atoms with Crippen molar-refractivity contribution in [3.63, 3.8) is 0 Å². The van der Waals surface area contributed by atoms with Crippen molar-refractivity contribution in [2.45, 2.75) is 45.5 Å². The van der Waals surface area contributed by atoms with Crippen molar-refractivity contribution in [3.8, 4) is 0 Å². The third kappa shape index (κ3) is 1.38. The largest absolute Gasteiger partial charge is 0.368 e. The van der Waals surface area contributed by atoms with Gasteiger partial charge in [0.1, 0.15) is 0 Å². The molecular formula is C10H18O2. The van der Waals surface area contributed by atoms with Crippen LogP contribution in [0.4, 0.5) is 0 Å². The minimum Gasteiger partial charge on any atom is -0.368 e. The van der Waals surface area contributed by atoms with Gasteiger partial charge in [0.05, 0.1) is 6.10 Å². The van der Waals surface area contributed by atoms with Gasteiger partial charge in [-0.3, -0.25) is 0 Å². The van der Waals surface area contributed by atoms with Gasteiger partial charge in [-0.2, -0.15) is 0 Å². The van der Waals surface area contributed by atoms with Crippen molar-refractivity contribution in [1.29, 1.82) is 0 Å². The molecule has 12 heavy (non-hydrogen) atoms. The highest BCUT2D eigenvalue weighted by molar-refractivity contribution is 4.85. The van der Waals surface area contributed by atoms with E-state index < -0.39 is 6.29 Å². The van der Waals surface area contributed by atoms with Gasteiger partial charge in [0.15, 0.2) is 6.29 Å². The number of aliphatic hydroxyl groups is 1. The molecule has 0 aromatic heterocycles. The minimum absolute atomic E-state index is 0.329. The highest BCUT2D eigenvalue weighted by Crippen LogP contribution is 2.40. The maximum atomic E-state index is 9.54. The van der Waals surface area contributed by atoms with Gasteiger partial charge >= 0.3 is 0 Å². The van der Waals surface area contributed by atoms with Crippen LogP contribution >= 0.6 is 0 Å². The van der Waals surface area contributed by atoms with Gasteiger partial charge < -0.3 is 9.84 Å². The maximum Gasteiger partial charge on any atom is 0.157 e. The molecule has 0 amide bonds. The predicted octanol–water partition coefficient (Wildman–Crippen LogP) is 1.78. The summed E-state index contributed by atoms with van der Waals surface area (Å²) in [5.74, 6) is 1.80. The summed E-state index contributed by atoms with van der Waals surface area (Å²) < 4.78 is 5.48. The molecule has 1 saturated carbocycles. The number of rotatable bonds is 0. The Morgan fingerprint density at radius 3 is 2.67 bits per heavy atom. The SMILES string of the molecule is CC1CC(C)C2CC(C1)C(O)O2. The monoisotopic (exact) mass is 170 g/mol. The lowest BCUT2D eigenvalue weighted by atomic mass is 9.93. The third-order valence-electron chi connectivity index (χ3n) is 3.37. The predicted molar refractivity (Wildman–Crippen MR) is 46.5 cm³/mol. The van der Waals surface area contributed by atoms with Crippen LogP contribution in [0.15, 0.2) is 0 Å². The van der Waals surface area contributed by atoms with E-state index in [1.807, 2.05) is 0 Å². The molecule has 1 aliphatic heterocycles. The summed E-state index contributed by atoms with van der Waals surface area (Å²) in [6.07, 6.45) is 3.33. The second-order valence-electron chi connectivity index (χ2n) is 4.61. The summed E-state index contributed by atoms with van der Waals surface area (Å²) >= 11 is 0. The zero-order chi connectivity index (χ0) is 8.72. The van der Waals surface area contributed by atoms with E-state index in [4.69, 9.17) is 4.74 Å². The Labute approximate surface area is 73.9 Å². The van der Waals surface area contributed by atoms with Crippen molar-refractivity contribution in [2.75, 3.05) is 0 Å². The Hall–Kier alpha value is -0.0800. The minimum atomic E-state index is -0.472. The average Bonchev–Trinajstić information content (AvgIpc) is 2.25. The first-order valence-corrected chi connectivity index (χ1v) is 5.00. The standard InChI is InChI=1S/C10H18O2/c1-6-3-7(2)9-5-8(4-6)10(11)12-9/h6-11H,3-5H2,1-2H3. The number of fused-ring (bicyclic) bond motifs is 2. The van der Waals surface area contributed by atoms with Crippen LogP contribution in [-0.2, 0) is 4.74 Å². The summed E-state index contributed by atoms with van der Waals surface area (Å²) in [5.41, 5.74) is 0. The molecule has 5 atom stereocenters. The molecule has 70 valence electrons. The molecule has 2 fully saturated rings. The van der Waals surface area contributed by atoms with Crippen LogP contribution in [-0.4, -0.2) is 17.5 Å². The molecule has 1 aliphatic carbocycles. The number of ether oxygens (including phenoxy) is 1. The number of hydrogen-bond acceptors (Lipinski definition) is 2. The highest BCUT2D eigenvalue weighted by Gasteiger charge is 2.40. The van der Waals surface area contributed by atoms with E-state index in [1.165, 1.54) is 6.42 Å². The van der Waals surface area contributed by atoms with Gasteiger partial charge in [-0.05, 0) is 31.1 Å². The topological polar surface area (TPSA) is 29.5 Å². The summed E-state index contributed by atoms with van der Waals surface area (Å²) in [4.78, 5) is 0. The second-order valence-corrected chi connectivity index (χ2v) is 4.61. The molecule has 1 heterocycles. The average molecular weight is 170 g/mol. The van der Waals surface area contributed by atoms with Crippen LogP contribution in [0.5, 0.6) is 0 Å². The molecule has 0 aromatic carbocycles. The molecule has 2 bridgehead atoms. The van der Waals surface area contributed by atoms with E-state index in [2.05, 4.69) is 13.8 Å². The van der Waals surface area contributed by atoms with E-state index in [-0.39, 0.29) is 0 Å². The second kappa shape index (κ2) is 3.00. The van der Waals surface area contributed by atoms with Gasteiger partial charge in [0.25, 0.3) is 0 Å². The normalized spacial score (nSPS) is 53.8. The first kappa shape index (κ1) is 8.52. The lowest BCUT2D eigenvalue weighted by Crippen LogP contribution is -2.23. The fraction of sp³-hybridized carbons (Fsp3) is 1.00. The molecule has 0 aromatic rings. The fourth-order valence-corrected chi connectivity index (χ4v) is 2.74. The number of hydrogen-bond donors (Lipinski definition) is 1. The van der Waals surface area contributed by atoms with Crippen molar-refractivity contribution >= 4 is 0 Å². The van der Waals surface area contributed by atoms with E-state index in [0.29, 0.717) is 17.9 Å². The Balaban J connectivity index is 2.10. The van der Waals surface area contributed by atoms with Gasteiger partial charge in [0.2, 0.25) is 0 Å². The molecule has 5 unspecified atom stereocenters. The van der Waals surface area contributed by atoms with Crippen LogP contribution in [0.2, 0.25) is 0 Å². The van der Waals surface area contributed by atoms with Gasteiger partial charge in [-0.1, -0.05) is 13.8 Å². The Morgan fingerprint density at radius 2 is 1.92 bits per heavy atom. The molecule has 1 saturated heterocycles. The van der Waals surface area contributed by atoms with Crippen LogP contribution < -0.4 is 0 Å². The molecule has 2 nitrogen and oxygen atoms in total. The Bertz CT molecular complexity index is 167. The van der Waals surface area contributed by atoms with E-state index in [9.17, 15) is 5.11 Å². The molecule has 0 radical (unpaired) electrons. The van der Waals surface area contributed by atoms with E-state index >= 15 is 0 Å². The molecule has 1 N–H and O–H groups in total. The molecular weight excluding hydrogens is 152 g/mol. The van der Waals surface area contributed by atoms with Gasteiger partial charge in [-0.15, -0.1) is 0 Å². The Kier molecular flexibility index (Phi) is 2.13. The first-order valence-electron chi connectivity index (χ1n) is 5.00. The van der Waals surface area contributed by atoms with E-state index in [1.54, 1.807) is 0 Å². The van der Waals surface area contributed by atoms with Crippen molar-refractivity contribution in [2.24, 2.45) is 17.8 Å². The van der Waals surface area contributed by atoms with Crippen LogP contribution in [0, 0.1) is 17.8 Å². The maximum absolute atomic E-state index is 9.54. The van der Waals surface area contributed by atoms with Gasteiger partial charge in [0, 0.05) is 5.92 Å². The quantitative estimate of drug-likeness (QED) is 0.600. The Morgan fingerprint density at radius 1 is 1.17 bits per heavy atom. The summed E-state index contributed by atoms with van der Waals surface area (Å²) in [5, 5.41) is 9.54. The van der Waals surface area contributed by atoms with E-state index in [0.717, 1.165) is 18.8 Å². The fourth-order valence-electron chi connectivity index (χ4n) is 2.74. The lowest BCUT2D eigenvalue weighted by molar-refractivity contribution is -0.129. The van der Waals surface area contributed by atoms with Crippen molar-refractivity contribution < 1.29 is 9.84 Å². The third-order valence-corrected chi connectivity index (χ3v) is 3.37. The highest BCUT2D eigenvalue weighted by atomic mass is 16.6. The summed E-state index contributed by atoms with van der Waals surface area (Å²) in [7, 11) is 0. The zero-order valence-electron chi connectivity index (χ0n) is 7.86. The smallest absolute Gasteiger partial charge is 0.157 e. The molecule has 0 spiro atoms. The summed E-state index contributed by atoms with van der Waals surface area (Å²) in [6, 6.07) is 0. The van der Waals surface area contributed by atoms with Crippen LogP contribution in [0.25, 0.3) is 0 Å². The molecule has 2 rings (SSSR count). The molecule has 2 aliphatic rings. The van der Waals surface area contributed by atoms with Crippen molar-refractivity contribution in [1.82, 2.24) is 0 Å². The number of aliphatic hydroxyl groups excluding tert-OH is 1. The van der Waals surface area contributed by atoms with Gasteiger partial charge in [-0.25, -0.2) is 0 Å². The first-order chi connectivity index (χ1) is 5.66. The van der Waals surface area contributed by atoms with Crippen LogP contribution in [0.1, 0.15) is 33.1 Å². The zero-order valence-corrected chi connectivity index (χ0v) is 7.86. The van der Waals surface area contributed by atoms with Crippen LogP contribution in [0.3, 0.4) is 0 Å². The lowest BCUT2D eigenvalue weighted by Gasteiger charge is -2.23. The molecule has 2 heteroatoms. The summed E-state index contributed by atoms with van der Waals surface area (Å²) in [6.45, 7) is 4.52. The van der Waals surface area contributed by atoms with Crippen molar-refractivity contribution in [3.05, 3.63) is 0 Å².